The van der Waals surface area contributed by atoms with Gasteiger partial charge in [0.05, 0.1) is 37.1 Å². The van der Waals surface area contributed by atoms with Gasteiger partial charge in [-0.1, -0.05) is 39.4 Å². The van der Waals surface area contributed by atoms with Crippen LogP contribution in [0.1, 0.15) is 43.4 Å². The van der Waals surface area contributed by atoms with E-state index in [1.165, 1.54) is 12.2 Å². The number of carbonyl (C=O) groups is 2. The number of nitrogens with two attached hydrogens (primary N) is 1. The summed E-state index contributed by atoms with van der Waals surface area (Å²) in [5.74, 6) is -0.687. The second kappa shape index (κ2) is 8.72. The summed E-state index contributed by atoms with van der Waals surface area (Å²) in [5.41, 5.74) is 8.78. The SMILES string of the molecule is CCC[Si](C)(C)c1c2c(nc3ccc(N)cc13)-c1cc3c(c(=O)n1C2)COC(=O)C3(CC)OC(=O)NC. The average Bonchev–Trinajstić information content (AvgIpc) is 3.22. The molecule has 0 bridgehead atoms. The third-order valence-corrected chi connectivity index (χ3v) is 11.4. The van der Waals surface area contributed by atoms with Crippen molar-refractivity contribution in [3.63, 3.8) is 0 Å². The quantitative estimate of drug-likeness (QED) is 0.235. The molecule has 0 radical (unpaired) electrons. The number of esters is 1. The standard InChI is InChI=1S/C27H32N4O5Si/c1-6-10-37(4,5)23-16-11-15(28)8-9-20(16)30-22-17(23)13-31-21(22)12-19-18(24(31)32)14-35-25(33)27(19,7-2)36-26(34)29-3/h8-9,11-12H,6-7,10,13-14,28H2,1-5H3,(H,29,34). The molecule has 1 amide bonds. The number of carbonyl (C=O) groups excluding carboxylic acids is 2. The Labute approximate surface area is 216 Å². The lowest BCUT2D eigenvalue weighted by atomic mass is 9.85. The molecule has 2 aliphatic rings. The fourth-order valence-electron chi connectivity index (χ4n) is 5.99. The Hall–Kier alpha value is -3.66. The van der Waals surface area contributed by atoms with Crippen molar-refractivity contribution < 1.29 is 19.1 Å². The lowest BCUT2D eigenvalue weighted by Gasteiger charge is -2.35. The van der Waals surface area contributed by atoms with Crippen LogP contribution in [0.2, 0.25) is 19.1 Å². The molecular weight excluding hydrogens is 488 g/mol. The van der Waals surface area contributed by atoms with Gasteiger partial charge in [0.15, 0.2) is 0 Å². The number of rotatable bonds is 5. The Morgan fingerprint density at radius 2 is 2.00 bits per heavy atom. The van der Waals surface area contributed by atoms with Crippen LogP contribution in [-0.2, 0) is 33.0 Å². The molecule has 3 N–H and O–H groups in total. The first-order chi connectivity index (χ1) is 17.6. The molecule has 2 aromatic heterocycles. The monoisotopic (exact) mass is 520 g/mol. The zero-order valence-electron chi connectivity index (χ0n) is 21.9. The number of alkyl carbamates (subject to hydrolysis) is 1. The Bertz CT molecular complexity index is 1530. The van der Waals surface area contributed by atoms with E-state index in [0.29, 0.717) is 29.1 Å². The molecule has 9 nitrogen and oxygen atoms in total. The minimum absolute atomic E-state index is 0.119. The summed E-state index contributed by atoms with van der Waals surface area (Å²) >= 11 is 0. The molecule has 194 valence electrons. The van der Waals surface area contributed by atoms with Crippen molar-refractivity contribution >= 4 is 41.9 Å². The summed E-state index contributed by atoms with van der Waals surface area (Å²) < 4.78 is 12.7. The molecule has 10 heteroatoms. The van der Waals surface area contributed by atoms with Gasteiger partial charge in [0.1, 0.15) is 6.61 Å². The molecule has 1 atom stereocenters. The molecule has 0 fully saturated rings. The molecule has 2 aliphatic heterocycles. The van der Waals surface area contributed by atoms with Gasteiger partial charge in [-0.25, -0.2) is 14.6 Å². The summed E-state index contributed by atoms with van der Waals surface area (Å²) in [7, 11) is -0.535. The van der Waals surface area contributed by atoms with Crippen LogP contribution in [-0.4, -0.2) is 36.7 Å². The molecule has 1 aromatic carbocycles. The van der Waals surface area contributed by atoms with Crippen molar-refractivity contribution in [2.45, 2.75) is 64.6 Å². The van der Waals surface area contributed by atoms with E-state index in [1.807, 2.05) is 18.2 Å². The number of cyclic esters (lactones) is 1. The van der Waals surface area contributed by atoms with Crippen molar-refractivity contribution in [1.29, 1.82) is 0 Å². The minimum atomic E-state index is -1.95. The Kier molecular flexibility index (Phi) is 5.90. The Balaban J connectivity index is 1.82. The maximum atomic E-state index is 13.9. The molecular formula is C27H32N4O5Si. The van der Waals surface area contributed by atoms with Crippen molar-refractivity contribution in [2.75, 3.05) is 12.8 Å². The zero-order chi connectivity index (χ0) is 26.7. The van der Waals surface area contributed by atoms with E-state index in [1.54, 1.807) is 17.6 Å². The molecule has 0 saturated carbocycles. The molecule has 0 saturated heterocycles. The highest BCUT2D eigenvalue weighted by atomic mass is 28.3. The van der Waals surface area contributed by atoms with Crippen molar-refractivity contribution in [1.82, 2.24) is 14.9 Å². The number of ether oxygens (including phenoxy) is 2. The topological polar surface area (TPSA) is 126 Å². The molecule has 4 heterocycles. The summed E-state index contributed by atoms with van der Waals surface area (Å²) in [6.45, 7) is 8.82. The number of hydrogen-bond acceptors (Lipinski definition) is 7. The van der Waals surface area contributed by atoms with Crippen molar-refractivity contribution in [3.8, 4) is 11.4 Å². The van der Waals surface area contributed by atoms with E-state index in [4.69, 9.17) is 20.2 Å². The van der Waals surface area contributed by atoms with Crippen LogP contribution in [0.25, 0.3) is 22.3 Å². The molecule has 37 heavy (non-hydrogen) atoms. The van der Waals surface area contributed by atoms with Crippen LogP contribution in [0.3, 0.4) is 0 Å². The number of nitrogens with one attached hydrogen (secondary N) is 1. The van der Waals surface area contributed by atoms with E-state index in [2.05, 4.69) is 25.3 Å². The molecule has 3 aromatic rings. The highest BCUT2D eigenvalue weighted by Gasteiger charge is 2.50. The highest BCUT2D eigenvalue weighted by molar-refractivity contribution is 6.91. The number of aromatic nitrogens is 2. The number of nitrogen functional groups attached to an aromatic ring is 1. The number of fused-ring (bicyclic) bond motifs is 5. The first-order valence-electron chi connectivity index (χ1n) is 12.7. The van der Waals surface area contributed by atoms with Gasteiger partial charge in [-0.05, 0) is 41.4 Å². The maximum Gasteiger partial charge on any atom is 0.408 e. The first-order valence-corrected chi connectivity index (χ1v) is 15.9. The van der Waals surface area contributed by atoms with Gasteiger partial charge < -0.3 is 25.1 Å². The number of pyridine rings is 2. The predicted molar refractivity (Wildman–Crippen MR) is 144 cm³/mol. The summed E-state index contributed by atoms with van der Waals surface area (Å²) in [4.78, 5) is 44.1. The smallest absolute Gasteiger partial charge is 0.408 e. The third-order valence-electron chi connectivity index (χ3n) is 7.70. The van der Waals surface area contributed by atoms with Gasteiger partial charge >= 0.3 is 12.1 Å². The molecule has 0 spiro atoms. The summed E-state index contributed by atoms with van der Waals surface area (Å²) in [6.07, 6.45) is 0.397. The first kappa shape index (κ1) is 25.0. The van der Waals surface area contributed by atoms with E-state index >= 15 is 0 Å². The van der Waals surface area contributed by atoms with Crippen LogP contribution in [0.4, 0.5) is 10.5 Å². The number of anilines is 1. The summed E-state index contributed by atoms with van der Waals surface area (Å²) in [5, 5.41) is 4.70. The molecule has 0 aliphatic carbocycles. The van der Waals surface area contributed by atoms with Gasteiger partial charge in [0, 0.05) is 23.7 Å². The van der Waals surface area contributed by atoms with Gasteiger partial charge in [-0.15, -0.1) is 0 Å². The van der Waals surface area contributed by atoms with Crippen molar-refractivity contribution in [2.24, 2.45) is 0 Å². The maximum absolute atomic E-state index is 13.9. The predicted octanol–water partition coefficient (Wildman–Crippen LogP) is 3.35. The van der Waals surface area contributed by atoms with E-state index < -0.39 is 25.7 Å². The molecule has 5 rings (SSSR count). The van der Waals surface area contributed by atoms with Crippen LogP contribution >= 0.6 is 0 Å². The van der Waals surface area contributed by atoms with Crippen LogP contribution < -0.4 is 21.8 Å². The van der Waals surface area contributed by atoms with Crippen molar-refractivity contribution in [3.05, 3.63) is 51.3 Å². The number of benzene rings is 1. The van der Waals surface area contributed by atoms with Crippen LogP contribution in [0.15, 0.2) is 29.1 Å². The second-order valence-corrected chi connectivity index (χ2v) is 15.2. The Morgan fingerprint density at radius 1 is 1.24 bits per heavy atom. The number of hydrogen-bond donors (Lipinski definition) is 2. The number of amides is 1. The van der Waals surface area contributed by atoms with E-state index in [9.17, 15) is 14.4 Å². The lowest BCUT2D eigenvalue weighted by Crippen LogP contribution is -2.48. The van der Waals surface area contributed by atoms with Gasteiger partial charge in [0.2, 0.25) is 5.60 Å². The average molecular weight is 521 g/mol. The molecule has 1 unspecified atom stereocenters. The van der Waals surface area contributed by atoms with Crippen LogP contribution in [0, 0.1) is 0 Å². The fourth-order valence-corrected chi connectivity index (χ4v) is 9.43. The van der Waals surface area contributed by atoms with Crippen LogP contribution in [0.5, 0.6) is 0 Å². The highest BCUT2D eigenvalue weighted by Crippen LogP contribution is 2.41. The van der Waals surface area contributed by atoms with E-state index in [0.717, 1.165) is 34.6 Å². The fraction of sp³-hybridized carbons (Fsp3) is 0.407. The number of nitrogens with zero attached hydrogens (tertiary/aromatic N) is 2. The zero-order valence-corrected chi connectivity index (χ0v) is 22.9. The lowest BCUT2D eigenvalue weighted by molar-refractivity contribution is -0.172. The van der Waals surface area contributed by atoms with Gasteiger partial charge in [-0.2, -0.15) is 0 Å². The van der Waals surface area contributed by atoms with Gasteiger partial charge in [0.25, 0.3) is 5.56 Å². The normalized spacial score (nSPS) is 18.1. The third kappa shape index (κ3) is 3.65. The summed E-state index contributed by atoms with van der Waals surface area (Å²) in [6, 6.07) is 8.63. The Morgan fingerprint density at radius 3 is 2.68 bits per heavy atom. The van der Waals surface area contributed by atoms with Gasteiger partial charge in [-0.3, -0.25) is 4.79 Å². The minimum Gasteiger partial charge on any atom is -0.457 e. The largest absolute Gasteiger partial charge is 0.457 e. The van der Waals surface area contributed by atoms with E-state index in [-0.39, 0.29) is 18.6 Å². The second-order valence-electron chi connectivity index (χ2n) is 10.4.